The minimum atomic E-state index is 0.570. The molecule has 1 aliphatic rings. The standard InChI is InChI=1S/C20H24O/c1-14(2)18-9-6-17(7-10-18)8-11-20-13-19(15(3)4)12-16(5)21-20/h6-14H,1-5H3/b11-8+. The van der Waals surface area contributed by atoms with Crippen LogP contribution in [-0.4, -0.2) is 0 Å². The van der Waals surface area contributed by atoms with Crippen LogP contribution in [0.15, 0.2) is 65.2 Å². The molecule has 110 valence electrons. The average molecular weight is 280 g/mol. The van der Waals surface area contributed by atoms with Crippen molar-refractivity contribution in [1.29, 1.82) is 0 Å². The second-order valence-corrected chi connectivity index (χ2v) is 6.01. The van der Waals surface area contributed by atoms with Crippen LogP contribution < -0.4 is 0 Å². The van der Waals surface area contributed by atoms with Crippen LogP contribution in [0.25, 0.3) is 6.08 Å². The second kappa shape index (κ2) is 6.62. The Kier molecular flexibility index (Phi) is 4.85. The monoisotopic (exact) mass is 280 g/mol. The highest BCUT2D eigenvalue weighted by molar-refractivity contribution is 5.54. The minimum Gasteiger partial charge on any atom is -0.462 e. The molecule has 0 bridgehead atoms. The third kappa shape index (κ3) is 4.22. The normalized spacial score (nSPS) is 15.0. The molecule has 0 radical (unpaired) electrons. The molecule has 0 amide bonds. The summed E-state index contributed by atoms with van der Waals surface area (Å²) in [6.45, 7) is 10.6. The van der Waals surface area contributed by atoms with Gasteiger partial charge in [-0.15, -0.1) is 0 Å². The maximum Gasteiger partial charge on any atom is 0.127 e. The van der Waals surface area contributed by atoms with E-state index in [9.17, 15) is 0 Å². The summed E-state index contributed by atoms with van der Waals surface area (Å²) in [5.74, 6) is 2.39. The summed E-state index contributed by atoms with van der Waals surface area (Å²) in [6, 6.07) is 8.68. The fourth-order valence-corrected chi connectivity index (χ4v) is 2.20. The van der Waals surface area contributed by atoms with Crippen molar-refractivity contribution in [2.45, 2.75) is 40.5 Å². The summed E-state index contributed by atoms with van der Waals surface area (Å²) in [4.78, 5) is 0. The summed E-state index contributed by atoms with van der Waals surface area (Å²) >= 11 is 0. The maximum atomic E-state index is 5.75. The highest BCUT2D eigenvalue weighted by Crippen LogP contribution is 2.23. The van der Waals surface area contributed by atoms with Crippen LogP contribution in [0.1, 0.15) is 51.7 Å². The van der Waals surface area contributed by atoms with Gasteiger partial charge in [-0.3, -0.25) is 0 Å². The van der Waals surface area contributed by atoms with Gasteiger partial charge in [0.15, 0.2) is 0 Å². The minimum absolute atomic E-state index is 0.570. The molecule has 0 aromatic heterocycles. The first kappa shape index (κ1) is 15.4. The molecule has 1 heteroatoms. The summed E-state index contributed by atoms with van der Waals surface area (Å²) in [6.07, 6.45) is 8.28. The zero-order valence-corrected chi connectivity index (χ0v) is 13.6. The topological polar surface area (TPSA) is 9.23 Å². The van der Waals surface area contributed by atoms with Crippen molar-refractivity contribution in [3.63, 3.8) is 0 Å². The van der Waals surface area contributed by atoms with Crippen LogP contribution in [0.5, 0.6) is 0 Å². The van der Waals surface area contributed by atoms with Gasteiger partial charge in [-0.25, -0.2) is 0 Å². The van der Waals surface area contributed by atoms with Crippen LogP contribution in [-0.2, 0) is 4.74 Å². The molecular weight excluding hydrogens is 256 g/mol. The van der Waals surface area contributed by atoms with Gasteiger partial charge < -0.3 is 4.74 Å². The maximum absolute atomic E-state index is 5.75. The lowest BCUT2D eigenvalue weighted by molar-refractivity contribution is 0.318. The van der Waals surface area contributed by atoms with E-state index >= 15 is 0 Å². The van der Waals surface area contributed by atoms with E-state index in [2.05, 4.69) is 70.2 Å². The van der Waals surface area contributed by atoms with E-state index in [-0.39, 0.29) is 0 Å². The second-order valence-electron chi connectivity index (χ2n) is 6.01. The molecule has 1 aromatic carbocycles. The Morgan fingerprint density at radius 1 is 1.00 bits per heavy atom. The molecule has 1 nitrogen and oxygen atoms in total. The van der Waals surface area contributed by atoms with Crippen molar-refractivity contribution in [3.05, 3.63) is 76.3 Å². The first-order valence-corrected chi connectivity index (χ1v) is 7.49. The largest absolute Gasteiger partial charge is 0.462 e. The molecule has 1 aliphatic heterocycles. The first-order valence-electron chi connectivity index (χ1n) is 7.49. The van der Waals surface area contributed by atoms with Gasteiger partial charge in [0.05, 0.1) is 0 Å². The molecule has 0 spiro atoms. The van der Waals surface area contributed by atoms with Crippen molar-refractivity contribution >= 4 is 6.08 Å². The van der Waals surface area contributed by atoms with Gasteiger partial charge in [-0.1, -0.05) is 49.8 Å². The van der Waals surface area contributed by atoms with Crippen LogP contribution in [0, 0.1) is 0 Å². The predicted molar refractivity (Wildman–Crippen MR) is 90.9 cm³/mol. The molecule has 0 saturated heterocycles. The Morgan fingerprint density at radius 3 is 2.24 bits per heavy atom. The smallest absolute Gasteiger partial charge is 0.127 e. The van der Waals surface area contributed by atoms with E-state index < -0.39 is 0 Å². The highest BCUT2D eigenvalue weighted by Gasteiger charge is 2.06. The van der Waals surface area contributed by atoms with Crippen molar-refractivity contribution < 1.29 is 4.74 Å². The molecule has 0 aliphatic carbocycles. The van der Waals surface area contributed by atoms with Crippen LogP contribution in [0.2, 0.25) is 0 Å². The first-order chi connectivity index (χ1) is 9.95. The molecule has 0 fully saturated rings. The highest BCUT2D eigenvalue weighted by atomic mass is 16.5. The van der Waals surface area contributed by atoms with Gasteiger partial charge in [0, 0.05) is 0 Å². The SMILES string of the molecule is CC1=CC(=C(C)C)C=C(/C=C/c2ccc(C(C)C)cc2)O1. The molecule has 0 saturated carbocycles. The number of benzene rings is 1. The van der Waals surface area contributed by atoms with Crippen molar-refractivity contribution in [2.24, 2.45) is 0 Å². The summed E-state index contributed by atoms with van der Waals surface area (Å²) in [5.41, 5.74) is 5.08. The van der Waals surface area contributed by atoms with Crippen molar-refractivity contribution in [1.82, 2.24) is 0 Å². The Bertz CT molecular complexity index is 618. The van der Waals surface area contributed by atoms with Gasteiger partial charge in [-0.2, -0.15) is 0 Å². The van der Waals surface area contributed by atoms with Crippen LogP contribution in [0.4, 0.5) is 0 Å². The Morgan fingerprint density at radius 2 is 1.67 bits per heavy atom. The van der Waals surface area contributed by atoms with E-state index in [1.807, 2.05) is 13.0 Å². The van der Waals surface area contributed by atoms with E-state index in [4.69, 9.17) is 4.74 Å². The Balaban J connectivity index is 2.16. The Hall–Kier alpha value is -2.02. The van der Waals surface area contributed by atoms with E-state index in [0.717, 1.165) is 11.5 Å². The molecule has 2 rings (SSSR count). The van der Waals surface area contributed by atoms with E-state index in [1.165, 1.54) is 22.3 Å². The number of allylic oxidation sites excluding steroid dienone is 6. The lowest BCUT2D eigenvalue weighted by Crippen LogP contribution is -1.96. The molecule has 0 unspecified atom stereocenters. The molecule has 0 N–H and O–H groups in total. The fraction of sp³-hybridized carbons (Fsp3) is 0.300. The van der Waals surface area contributed by atoms with Crippen LogP contribution in [0.3, 0.4) is 0 Å². The van der Waals surface area contributed by atoms with Gasteiger partial charge in [0.1, 0.15) is 11.5 Å². The third-order valence-electron chi connectivity index (χ3n) is 3.56. The fourth-order valence-electron chi connectivity index (χ4n) is 2.20. The lowest BCUT2D eigenvalue weighted by Gasteiger charge is -2.14. The number of rotatable bonds is 3. The number of hydrogen-bond acceptors (Lipinski definition) is 1. The molecule has 0 atom stereocenters. The quantitative estimate of drug-likeness (QED) is 0.662. The molecule has 1 aromatic rings. The summed E-state index contributed by atoms with van der Waals surface area (Å²) in [7, 11) is 0. The van der Waals surface area contributed by atoms with Gasteiger partial charge in [0.25, 0.3) is 0 Å². The van der Waals surface area contributed by atoms with Gasteiger partial charge >= 0.3 is 0 Å². The van der Waals surface area contributed by atoms with E-state index in [0.29, 0.717) is 5.92 Å². The zero-order chi connectivity index (χ0) is 15.4. The van der Waals surface area contributed by atoms with Crippen LogP contribution >= 0.6 is 0 Å². The number of ether oxygens (including phenoxy) is 1. The molecule has 21 heavy (non-hydrogen) atoms. The average Bonchev–Trinajstić information content (AvgIpc) is 2.45. The van der Waals surface area contributed by atoms with E-state index in [1.54, 1.807) is 0 Å². The van der Waals surface area contributed by atoms with Gasteiger partial charge in [0.2, 0.25) is 0 Å². The Labute approximate surface area is 128 Å². The number of hydrogen-bond donors (Lipinski definition) is 0. The molecule has 1 heterocycles. The summed E-state index contributed by atoms with van der Waals surface area (Å²) in [5, 5.41) is 0. The lowest BCUT2D eigenvalue weighted by atomic mass is 10.0. The predicted octanol–water partition coefficient (Wildman–Crippen LogP) is 5.98. The zero-order valence-electron chi connectivity index (χ0n) is 13.6. The van der Waals surface area contributed by atoms with Crippen molar-refractivity contribution in [3.8, 4) is 0 Å². The van der Waals surface area contributed by atoms with Crippen molar-refractivity contribution in [2.75, 3.05) is 0 Å². The summed E-state index contributed by atoms with van der Waals surface area (Å²) < 4.78 is 5.75. The third-order valence-corrected chi connectivity index (χ3v) is 3.56. The van der Waals surface area contributed by atoms with Gasteiger partial charge in [-0.05, 0) is 61.6 Å². The molecular formula is C20H24O.